The standard InChI is InChI=1S/C26H27N3O3/c1-29(18-11-19-31-23-16-9-4-10-17-23)20-24-27-28-25(32-24)26(30,21-12-5-2-6-13-21)22-14-7-3-8-15-22/h2-10,12-17,30H,11,18-20H2,1H3. The Morgan fingerprint density at radius 2 is 1.41 bits per heavy atom. The highest BCUT2D eigenvalue weighted by molar-refractivity contribution is 5.41. The summed E-state index contributed by atoms with van der Waals surface area (Å²) in [6.07, 6.45) is 0.865. The first-order valence-electron chi connectivity index (χ1n) is 10.7. The molecule has 1 heterocycles. The van der Waals surface area contributed by atoms with Gasteiger partial charge in [-0.15, -0.1) is 10.2 Å². The molecule has 0 fully saturated rings. The summed E-state index contributed by atoms with van der Waals surface area (Å²) in [7, 11) is 1.99. The largest absolute Gasteiger partial charge is 0.494 e. The Morgan fingerprint density at radius 1 is 0.844 bits per heavy atom. The van der Waals surface area contributed by atoms with Crippen molar-refractivity contribution in [3.63, 3.8) is 0 Å². The maximum Gasteiger partial charge on any atom is 0.257 e. The lowest BCUT2D eigenvalue weighted by molar-refractivity contribution is 0.0899. The fourth-order valence-corrected chi connectivity index (χ4v) is 3.59. The molecule has 0 aliphatic heterocycles. The zero-order valence-electron chi connectivity index (χ0n) is 18.1. The Bertz CT molecular complexity index is 1050. The van der Waals surface area contributed by atoms with Crippen LogP contribution < -0.4 is 4.74 Å². The van der Waals surface area contributed by atoms with Gasteiger partial charge in [-0.2, -0.15) is 0 Å². The molecule has 0 spiro atoms. The van der Waals surface area contributed by atoms with Crippen LogP contribution in [0, 0.1) is 0 Å². The predicted octanol–water partition coefficient (Wildman–Crippen LogP) is 4.25. The van der Waals surface area contributed by atoms with E-state index in [0.717, 1.165) is 18.7 Å². The molecule has 0 amide bonds. The summed E-state index contributed by atoms with van der Waals surface area (Å²) in [5.74, 6) is 1.49. The minimum absolute atomic E-state index is 0.158. The number of benzene rings is 3. The lowest BCUT2D eigenvalue weighted by atomic mass is 9.86. The fraction of sp³-hybridized carbons (Fsp3) is 0.231. The van der Waals surface area contributed by atoms with Gasteiger partial charge >= 0.3 is 0 Å². The number of para-hydroxylation sites is 1. The van der Waals surface area contributed by atoms with E-state index in [1.807, 2.05) is 98.0 Å². The van der Waals surface area contributed by atoms with Crippen molar-refractivity contribution in [1.29, 1.82) is 0 Å². The Labute approximate surface area is 188 Å². The van der Waals surface area contributed by atoms with Crippen molar-refractivity contribution in [2.24, 2.45) is 0 Å². The maximum atomic E-state index is 11.7. The molecule has 0 aliphatic rings. The lowest BCUT2D eigenvalue weighted by Gasteiger charge is -2.25. The third kappa shape index (κ3) is 5.04. The SMILES string of the molecule is CN(CCCOc1ccccc1)Cc1nnc(C(O)(c2ccccc2)c2ccccc2)o1. The van der Waals surface area contributed by atoms with Crippen LogP contribution in [-0.2, 0) is 12.1 Å². The van der Waals surface area contributed by atoms with Crippen LogP contribution in [0.2, 0.25) is 0 Å². The number of hydrogen-bond donors (Lipinski definition) is 1. The molecule has 6 nitrogen and oxygen atoms in total. The van der Waals surface area contributed by atoms with E-state index in [9.17, 15) is 5.11 Å². The topological polar surface area (TPSA) is 71.6 Å². The molecule has 6 heteroatoms. The van der Waals surface area contributed by atoms with Gasteiger partial charge in [0.25, 0.3) is 5.89 Å². The van der Waals surface area contributed by atoms with Gasteiger partial charge in [0.15, 0.2) is 5.60 Å². The highest BCUT2D eigenvalue weighted by Gasteiger charge is 2.39. The number of ether oxygens (including phenoxy) is 1. The van der Waals surface area contributed by atoms with Crippen LogP contribution in [0.5, 0.6) is 5.75 Å². The monoisotopic (exact) mass is 429 g/mol. The van der Waals surface area contributed by atoms with Crippen molar-refractivity contribution in [3.05, 3.63) is 114 Å². The van der Waals surface area contributed by atoms with E-state index in [-0.39, 0.29) is 5.89 Å². The molecule has 32 heavy (non-hydrogen) atoms. The number of hydrogen-bond acceptors (Lipinski definition) is 6. The summed E-state index contributed by atoms with van der Waals surface area (Å²) in [4.78, 5) is 2.09. The van der Waals surface area contributed by atoms with Crippen molar-refractivity contribution in [1.82, 2.24) is 15.1 Å². The fourth-order valence-electron chi connectivity index (χ4n) is 3.59. The van der Waals surface area contributed by atoms with Crippen LogP contribution in [-0.4, -0.2) is 40.4 Å². The minimum Gasteiger partial charge on any atom is -0.494 e. The van der Waals surface area contributed by atoms with E-state index < -0.39 is 5.60 Å². The van der Waals surface area contributed by atoms with Crippen molar-refractivity contribution in [2.45, 2.75) is 18.6 Å². The van der Waals surface area contributed by atoms with Gasteiger partial charge in [-0.1, -0.05) is 78.9 Å². The molecule has 0 aliphatic carbocycles. The molecule has 4 aromatic rings. The Kier molecular flexibility index (Phi) is 6.94. The van der Waals surface area contributed by atoms with E-state index in [4.69, 9.17) is 9.15 Å². The summed E-state index contributed by atoms with van der Waals surface area (Å²) < 4.78 is 11.7. The average molecular weight is 430 g/mol. The quantitative estimate of drug-likeness (QED) is 0.380. The molecule has 3 aromatic carbocycles. The van der Waals surface area contributed by atoms with Gasteiger partial charge in [0.2, 0.25) is 5.89 Å². The van der Waals surface area contributed by atoms with Crippen LogP contribution in [0.3, 0.4) is 0 Å². The van der Waals surface area contributed by atoms with Gasteiger partial charge in [0.05, 0.1) is 13.2 Å². The molecular weight excluding hydrogens is 402 g/mol. The first-order chi connectivity index (χ1) is 15.7. The maximum absolute atomic E-state index is 11.7. The second-order valence-corrected chi connectivity index (χ2v) is 7.70. The van der Waals surface area contributed by atoms with Crippen LogP contribution in [0.15, 0.2) is 95.4 Å². The summed E-state index contributed by atoms with van der Waals surface area (Å²) >= 11 is 0. The summed E-state index contributed by atoms with van der Waals surface area (Å²) in [6.45, 7) is 1.93. The molecule has 1 N–H and O–H groups in total. The van der Waals surface area contributed by atoms with E-state index in [1.54, 1.807) is 0 Å². The number of aliphatic hydroxyl groups is 1. The molecular formula is C26H27N3O3. The molecule has 0 saturated carbocycles. The zero-order chi connectivity index (χ0) is 22.2. The highest BCUT2D eigenvalue weighted by atomic mass is 16.5. The highest BCUT2D eigenvalue weighted by Crippen LogP contribution is 2.35. The van der Waals surface area contributed by atoms with E-state index in [1.165, 1.54) is 0 Å². The van der Waals surface area contributed by atoms with Gasteiger partial charge in [-0.3, -0.25) is 4.90 Å². The second kappa shape index (κ2) is 10.2. The van der Waals surface area contributed by atoms with E-state index in [2.05, 4.69) is 15.1 Å². The van der Waals surface area contributed by atoms with Crippen molar-refractivity contribution < 1.29 is 14.3 Å². The molecule has 164 valence electrons. The minimum atomic E-state index is -1.52. The average Bonchev–Trinajstić information content (AvgIpc) is 3.32. The molecule has 1 aromatic heterocycles. The van der Waals surface area contributed by atoms with Gasteiger partial charge in [-0.25, -0.2) is 0 Å². The van der Waals surface area contributed by atoms with Crippen molar-refractivity contribution in [2.75, 3.05) is 20.2 Å². The van der Waals surface area contributed by atoms with Crippen LogP contribution in [0.4, 0.5) is 0 Å². The van der Waals surface area contributed by atoms with Crippen molar-refractivity contribution in [3.8, 4) is 5.75 Å². The molecule has 0 unspecified atom stereocenters. The van der Waals surface area contributed by atoms with Gasteiger partial charge < -0.3 is 14.3 Å². The van der Waals surface area contributed by atoms with Crippen molar-refractivity contribution >= 4 is 0 Å². The number of aromatic nitrogens is 2. The van der Waals surface area contributed by atoms with Crippen LogP contribution in [0.1, 0.15) is 29.3 Å². The summed E-state index contributed by atoms with van der Waals surface area (Å²) in [5, 5.41) is 20.1. The first kappa shape index (κ1) is 21.7. The molecule has 0 bridgehead atoms. The van der Waals surface area contributed by atoms with Gasteiger partial charge in [0, 0.05) is 6.54 Å². The summed E-state index contributed by atoms with van der Waals surface area (Å²) in [6, 6.07) is 28.5. The molecule has 4 rings (SSSR count). The predicted molar refractivity (Wildman–Crippen MR) is 122 cm³/mol. The summed E-state index contributed by atoms with van der Waals surface area (Å²) in [5.41, 5.74) is -0.170. The third-order valence-electron chi connectivity index (χ3n) is 5.26. The van der Waals surface area contributed by atoms with Gasteiger partial charge in [0.1, 0.15) is 5.75 Å². The zero-order valence-corrected chi connectivity index (χ0v) is 18.1. The van der Waals surface area contributed by atoms with E-state index in [0.29, 0.717) is 30.2 Å². The van der Waals surface area contributed by atoms with E-state index >= 15 is 0 Å². The molecule has 0 radical (unpaired) electrons. The Hall–Kier alpha value is -3.48. The Balaban J connectivity index is 1.42. The van der Waals surface area contributed by atoms with Gasteiger partial charge in [-0.05, 0) is 36.7 Å². The third-order valence-corrected chi connectivity index (χ3v) is 5.26. The number of nitrogens with zero attached hydrogens (tertiary/aromatic N) is 3. The molecule has 0 saturated heterocycles. The smallest absolute Gasteiger partial charge is 0.257 e. The lowest BCUT2D eigenvalue weighted by Crippen LogP contribution is -2.29. The normalized spacial score (nSPS) is 11.6. The van der Waals surface area contributed by atoms with Crippen LogP contribution in [0.25, 0.3) is 0 Å². The first-order valence-corrected chi connectivity index (χ1v) is 10.7. The molecule has 0 atom stereocenters. The Morgan fingerprint density at radius 3 is 2.00 bits per heavy atom. The second-order valence-electron chi connectivity index (χ2n) is 7.70. The number of rotatable bonds is 10. The van der Waals surface area contributed by atoms with Crippen LogP contribution >= 0.6 is 0 Å².